The van der Waals surface area contributed by atoms with Gasteiger partial charge in [0.05, 0.1) is 23.7 Å². The lowest BCUT2D eigenvalue weighted by Gasteiger charge is -2.13. The molecular weight excluding hydrogens is 284 g/mol. The molecule has 1 aromatic heterocycles. The quantitative estimate of drug-likeness (QED) is 0.606. The van der Waals surface area contributed by atoms with Gasteiger partial charge in [-0.05, 0) is 38.8 Å². The number of nitrogens with zero attached hydrogens (tertiary/aromatic N) is 2. The van der Waals surface area contributed by atoms with Crippen LogP contribution in [0.1, 0.15) is 26.7 Å². The van der Waals surface area contributed by atoms with Crippen LogP contribution < -0.4 is 10.5 Å². The fraction of sp³-hybridized carbons (Fsp3) is 0.467. The minimum absolute atomic E-state index is 0.651. The second-order valence-corrected chi connectivity index (χ2v) is 6.22. The molecule has 0 fully saturated rings. The summed E-state index contributed by atoms with van der Waals surface area (Å²) in [6.45, 7) is 4.37. The van der Waals surface area contributed by atoms with Crippen molar-refractivity contribution < 1.29 is 4.74 Å². The summed E-state index contributed by atoms with van der Waals surface area (Å²) < 4.78 is 5.47. The molecule has 1 atom stereocenters. The van der Waals surface area contributed by atoms with Crippen LogP contribution in [0.5, 0.6) is 5.75 Å². The van der Waals surface area contributed by atoms with Crippen LogP contribution in [0.4, 0.5) is 0 Å². The molecule has 1 aromatic carbocycles. The van der Waals surface area contributed by atoms with Crippen molar-refractivity contribution in [3.8, 4) is 11.8 Å². The van der Waals surface area contributed by atoms with E-state index in [9.17, 15) is 0 Å². The van der Waals surface area contributed by atoms with Gasteiger partial charge in [0, 0.05) is 11.8 Å². The third kappa shape index (κ3) is 4.38. The summed E-state index contributed by atoms with van der Waals surface area (Å²) in [6, 6.07) is 7.95. The van der Waals surface area contributed by atoms with E-state index >= 15 is 0 Å². The number of aromatic nitrogens is 2. The zero-order chi connectivity index (χ0) is 15.3. The van der Waals surface area contributed by atoms with Crippen molar-refractivity contribution in [2.45, 2.75) is 37.4 Å². The molecule has 2 aromatic rings. The standard InChI is InChI=1S/C15H20N4OS/c1-3-20-11-5-6-12-13(9-11)19-14(18-12)21-8-4-7-15(2,17)10-16/h5-6,9H,3-4,7-8,17H2,1-2H3,(H,18,19). The van der Waals surface area contributed by atoms with E-state index < -0.39 is 5.54 Å². The molecule has 1 heterocycles. The molecule has 0 aliphatic heterocycles. The number of nitrogens with two attached hydrogens (primary N) is 1. The Morgan fingerprint density at radius 1 is 1.52 bits per heavy atom. The molecule has 0 saturated heterocycles. The number of rotatable bonds is 7. The van der Waals surface area contributed by atoms with Gasteiger partial charge in [0.1, 0.15) is 11.3 Å². The number of thioether (sulfide) groups is 1. The van der Waals surface area contributed by atoms with Gasteiger partial charge < -0.3 is 15.5 Å². The fourth-order valence-corrected chi connectivity index (χ4v) is 2.78. The third-order valence-electron chi connectivity index (χ3n) is 3.08. The summed E-state index contributed by atoms with van der Waals surface area (Å²) in [5.74, 6) is 1.73. The van der Waals surface area contributed by atoms with E-state index in [4.69, 9.17) is 15.7 Å². The van der Waals surface area contributed by atoms with Crippen molar-refractivity contribution in [1.82, 2.24) is 9.97 Å². The van der Waals surface area contributed by atoms with Gasteiger partial charge in [-0.3, -0.25) is 0 Å². The topological polar surface area (TPSA) is 87.7 Å². The molecule has 0 saturated carbocycles. The monoisotopic (exact) mass is 304 g/mol. The highest BCUT2D eigenvalue weighted by Crippen LogP contribution is 2.24. The number of ether oxygens (including phenoxy) is 1. The third-order valence-corrected chi connectivity index (χ3v) is 4.04. The van der Waals surface area contributed by atoms with Gasteiger partial charge in [-0.15, -0.1) is 0 Å². The molecule has 2 rings (SSSR count). The van der Waals surface area contributed by atoms with Crippen LogP contribution in [0.2, 0.25) is 0 Å². The number of nitriles is 1. The van der Waals surface area contributed by atoms with E-state index in [1.54, 1.807) is 18.7 Å². The second kappa shape index (κ2) is 6.83. The SMILES string of the molecule is CCOc1ccc2nc(SCCCC(C)(N)C#N)[nH]c2c1. The predicted molar refractivity (Wildman–Crippen MR) is 85.4 cm³/mol. The molecule has 5 nitrogen and oxygen atoms in total. The molecular formula is C15H20N4OS. The summed E-state index contributed by atoms with van der Waals surface area (Å²) >= 11 is 1.64. The molecule has 0 aliphatic rings. The second-order valence-electron chi connectivity index (χ2n) is 5.14. The Hall–Kier alpha value is -1.71. The molecule has 0 spiro atoms. The number of benzene rings is 1. The molecule has 0 aliphatic carbocycles. The number of hydrogen-bond donors (Lipinski definition) is 2. The Bertz CT molecular complexity index is 645. The van der Waals surface area contributed by atoms with Crippen LogP contribution in [0.15, 0.2) is 23.4 Å². The highest BCUT2D eigenvalue weighted by Gasteiger charge is 2.16. The van der Waals surface area contributed by atoms with Gasteiger partial charge in [-0.2, -0.15) is 5.26 Å². The zero-order valence-corrected chi connectivity index (χ0v) is 13.2. The van der Waals surface area contributed by atoms with Crippen molar-refractivity contribution in [2.75, 3.05) is 12.4 Å². The van der Waals surface area contributed by atoms with E-state index in [2.05, 4.69) is 16.0 Å². The molecule has 0 bridgehead atoms. The summed E-state index contributed by atoms with van der Waals surface area (Å²) in [7, 11) is 0. The van der Waals surface area contributed by atoms with Gasteiger partial charge in [0.2, 0.25) is 0 Å². The lowest BCUT2D eigenvalue weighted by atomic mass is 10.0. The molecule has 0 amide bonds. The Kier molecular flexibility index (Phi) is 5.10. The van der Waals surface area contributed by atoms with Gasteiger partial charge >= 0.3 is 0 Å². The first-order valence-electron chi connectivity index (χ1n) is 6.99. The van der Waals surface area contributed by atoms with Crippen LogP contribution in [-0.2, 0) is 0 Å². The Balaban J connectivity index is 1.92. The molecule has 21 heavy (non-hydrogen) atoms. The number of nitrogens with one attached hydrogen (secondary N) is 1. The Morgan fingerprint density at radius 3 is 3.05 bits per heavy atom. The van der Waals surface area contributed by atoms with Gasteiger partial charge in [0.15, 0.2) is 5.16 Å². The molecule has 1 unspecified atom stereocenters. The van der Waals surface area contributed by atoms with E-state index in [-0.39, 0.29) is 0 Å². The highest BCUT2D eigenvalue weighted by molar-refractivity contribution is 7.99. The van der Waals surface area contributed by atoms with Gasteiger partial charge in [-0.1, -0.05) is 11.8 Å². The smallest absolute Gasteiger partial charge is 0.166 e. The van der Waals surface area contributed by atoms with Gasteiger partial charge in [0.25, 0.3) is 0 Å². The van der Waals surface area contributed by atoms with E-state index in [0.29, 0.717) is 13.0 Å². The van der Waals surface area contributed by atoms with Crippen LogP contribution in [0.3, 0.4) is 0 Å². The molecule has 112 valence electrons. The molecule has 0 radical (unpaired) electrons. The van der Waals surface area contributed by atoms with Crippen molar-refractivity contribution in [3.63, 3.8) is 0 Å². The number of H-pyrrole nitrogens is 1. The summed E-state index contributed by atoms with van der Waals surface area (Å²) in [5, 5.41) is 9.75. The minimum Gasteiger partial charge on any atom is -0.494 e. The number of hydrogen-bond acceptors (Lipinski definition) is 5. The lowest BCUT2D eigenvalue weighted by molar-refractivity contribution is 0.340. The Morgan fingerprint density at radius 2 is 2.33 bits per heavy atom. The maximum atomic E-state index is 8.86. The zero-order valence-electron chi connectivity index (χ0n) is 12.3. The first-order valence-corrected chi connectivity index (χ1v) is 7.98. The van der Waals surface area contributed by atoms with Crippen LogP contribution in [0, 0.1) is 11.3 Å². The summed E-state index contributed by atoms with van der Waals surface area (Å²) in [4.78, 5) is 7.81. The largest absolute Gasteiger partial charge is 0.494 e. The average molecular weight is 304 g/mol. The molecule has 3 N–H and O–H groups in total. The average Bonchev–Trinajstić information content (AvgIpc) is 2.86. The first-order chi connectivity index (χ1) is 10.0. The van der Waals surface area contributed by atoms with Crippen LogP contribution >= 0.6 is 11.8 Å². The normalized spacial score (nSPS) is 13.8. The van der Waals surface area contributed by atoms with Crippen molar-refractivity contribution in [3.05, 3.63) is 18.2 Å². The van der Waals surface area contributed by atoms with Crippen LogP contribution in [-0.4, -0.2) is 27.9 Å². The lowest BCUT2D eigenvalue weighted by Crippen LogP contribution is -2.33. The van der Waals surface area contributed by atoms with Crippen molar-refractivity contribution >= 4 is 22.8 Å². The Labute approximate surface area is 128 Å². The first kappa shape index (κ1) is 15.7. The number of aromatic amines is 1. The van der Waals surface area contributed by atoms with Crippen LogP contribution in [0.25, 0.3) is 11.0 Å². The minimum atomic E-state index is -0.735. The maximum Gasteiger partial charge on any atom is 0.166 e. The highest BCUT2D eigenvalue weighted by atomic mass is 32.2. The fourth-order valence-electron chi connectivity index (χ4n) is 1.95. The predicted octanol–water partition coefficient (Wildman–Crippen LogP) is 3.07. The number of fused-ring (bicyclic) bond motifs is 1. The van der Waals surface area contributed by atoms with E-state index in [1.165, 1.54) is 0 Å². The maximum absolute atomic E-state index is 8.86. The summed E-state index contributed by atoms with van der Waals surface area (Å²) in [6.07, 6.45) is 1.57. The van der Waals surface area contributed by atoms with E-state index in [0.717, 1.165) is 34.1 Å². The van der Waals surface area contributed by atoms with E-state index in [1.807, 2.05) is 25.1 Å². The number of imidazole rings is 1. The van der Waals surface area contributed by atoms with Gasteiger partial charge in [-0.25, -0.2) is 4.98 Å². The van der Waals surface area contributed by atoms with Crippen molar-refractivity contribution in [2.24, 2.45) is 5.73 Å². The van der Waals surface area contributed by atoms with Crippen molar-refractivity contribution in [1.29, 1.82) is 5.26 Å². The molecule has 6 heteroatoms. The summed E-state index contributed by atoms with van der Waals surface area (Å²) in [5.41, 5.74) is 6.97.